The second kappa shape index (κ2) is 8.89. The number of carbonyl (C=O) groups is 3. The lowest BCUT2D eigenvalue weighted by Gasteiger charge is -2.14. The SMILES string of the molecule is CC[C@@H](C(=O)OCC(=O)c1ccc(NC(C)=O)cc1F)c1ccccc1. The van der Waals surface area contributed by atoms with Crippen LogP contribution in [0.2, 0.25) is 0 Å². The molecule has 2 aromatic rings. The smallest absolute Gasteiger partial charge is 0.313 e. The molecule has 2 aromatic carbocycles. The summed E-state index contributed by atoms with van der Waals surface area (Å²) in [6.07, 6.45) is 0.525. The summed E-state index contributed by atoms with van der Waals surface area (Å²) in [5, 5.41) is 2.43. The van der Waals surface area contributed by atoms with Crippen molar-refractivity contribution in [2.45, 2.75) is 26.2 Å². The van der Waals surface area contributed by atoms with Crippen molar-refractivity contribution in [3.8, 4) is 0 Å². The van der Waals surface area contributed by atoms with Gasteiger partial charge in [-0.05, 0) is 30.2 Å². The number of ether oxygens (including phenoxy) is 1. The molecule has 26 heavy (non-hydrogen) atoms. The van der Waals surface area contributed by atoms with Crippen LogP contribution in [0.15, 0.2) is 48.5 Å². The van der Waals surface area contributed by atoms with Crippen molar-refractivity contribution in [2.24, 2.45) is 0 Å². The summed E-state index contributed by atoms with van der Waals surface area (Å²) in [5.74, 6) is -2.78. The number of Topliss-reactive ketones (excluding diaryl/α,β-unsaturated/α-hetero) is 1. The third kappa shape index (κ3) is 4.99. The molecule has 0 spiro atoms. The minimum atomic E-state index is -0.785. The lowest BCUT2D eigenvalue weighted by atomic mass is 9.97. The van der Waals surface area contributed by atoms with E-state index in [9.17, 15) is 18.8 Å². The molecule has 0 bridgehead atoms. The Bertz CT molecular complexity index is 805. The molecule has 5 nitrogen and oxygen atoms in total. The molecule has 2 rings (SSSR count). The maximum Gasteiger partial charge on any atom is 0.313 e. The molecule has 0 saturated heterocycles. The summed E-state index contributed by atoms with van der Waals surface area (Å²) in [4.78, 5) is 35.4. The summed E-state index contributed by atoms with van der Waals surface area (Å²) < 4.78 is 19.1. The largest absolute Gasteiger partial charge is 0.457 e. The molecule has 0 aliphatic carbocycles. The number of rotatable bonds is 7. The fraction of sp³-hybridized carbons (Fsp3) is 0.250. The van der Waals surface area contributed by atoms with Gasteiger partial charge in [-0.15, -0.1) is 0 Å². The van der Waals surface area contributed by atoms with E-state index in [0.29, 0.717) is 6.42 Å². The number of benzene rings is 2. The lowest BCUT2D eigenvalue weighted by Crippen LogP contribution is -2.20. The summed E-state index contributed by atoms with van der Waals surface area (Å²) in [6.45, 7) is 2.60. The molecule has 1 atom stereocenters. The Kier molecular flexibility index (Phi) is 6.60. The first kappa shape index (κ1) is 19.3. The van der Waals surface area contributed by atoms with Crippen molar-refractivity contribution < 1.29 is 23.5 Å². The van der Waals surface area contributed by atoms with Gasteiger partial charge in [-0.25, -0.2) is 4.39 Å². The molecule has 1 N–H and O–H groups in total. The average molecular weight is 357 g/mol. The second-order valence-corrected chi connectivity index (χ2v) is 5.78. The molecule has 1 amide bonds. The van der Waals surface area contributed by atoms with E-state index in [1.54, 1.807) is 0 Å². The Hall–Kier alpha value is -3.02. The molecular weight excluding hydrogens is 337 g/mol. The maximum atomic E-state index is 14.1. The number of halogens is 1. The van der Waals surface area contributed by atoms with E-state index in [4.69, 9.17) is 4.74 Å². The molecule has 136 valence electrons. The van der Waals surface area contributed by atoms with Crippen LogP contribution >= 0.6 is 0 Å². The minimum absolute atomic E-state index is 0.195. The van der Waals surface area contributed by atoms with Crippen LogP contribution in [-0.4, -0.2) is 24.3 Å². The standard InChI is InChI=1S/C20H20FNO4/c1-3-16(14-7-5-4-6-8-14)20(25)26-12-19(24)17-10-9-15(11-18(17)21)22-13(2)23/h4-11,16H,3,12H2,1-2H3,(H,22,23)/t16-/m1/s1. The van der Waals surface area contributed by atoms with Crippen LogP contribution in [0.1, 0.15) is 42.1 Å². The van der Waals surface area contributed by atoms with Crippen molar-refractivity contribution in [3.05, 3.63) is 65.5 Å². The fourth-order valence-electron chi connectivity index (χ4n) is 2.56. The van der Waals surface area contributed by atoms with Gasteiger partial charge in [0.2, 0.25) is 11.7 Å². The van der Waals surface area contributed by atoms with Gasteiger partial charge in [0.05, 0.1) is 11.5 Å². The predicted octanol–water partition coefficient (Wildman–Crippen LogP) is 3.70. The summed E-state index contributed by atoms with van der Waals surface area (Å²) in [5.41, 5.74) is 0.858. The van der Waals surface area contributed by atoms with E-state index >= 15 is 0 Å². The molecule has 0 heterocycles. The molecular formula is C20H20FNO4. The van der Waals surface area contributed by atoms with Crippen molar-refractivity contribution in [3.63, 3.8) is 0 Å². The average Bonchev–Trinajstić information content (AvgIpc) is 2.61. The first-order valence-electron chi connectivity index (χ1n) is 8.24. The van der Waals surface area contributed by atoms with E-state index in [1.165, 1.54) is 19.1 Å². The van der Waals surface area contributed by atoms with E-state index in [0.717, 1.165) is 11.6 Å². The second-order valence-electron chi connectivity index (χ2n) is 5.78. The lowest BCUT2D eigenvalue weighted by molar-refractivity contribution is -0.144. The van der Waals surface area contributed by atoms with Gasteiger partial charge in [-0.1, -0.05) is 37.3 Å². The summed E-state index contributed by atoms with van der Waals surface area (Å²) in [7, 11) is 0. The third-order valence-corrected chi connectivity index (χ3v) is 3.83. The first-order valence-corrected chi connectivity index (χ1v) is 8.24. The maximum absolute atomic E-state index is 14.1. The number of hydrogen-bond acceptors (Lipinski definition) is 4. The van der Waals surface area contributed by atoms with Gasteiger partial charge in [0.25, 0.3) is 0 Å². The van der Waals surface area contributed by atoms with Gasteiger partial charge < -0.3 is 10.1 Å². The van der Waals surface area contributed by atoms with Crippen LogP contribution in [0.25, 0.3) is 0 Å². The monoisotopic (exact) mass is 357 g/mol. The highest BCUT2D eigenvalue weighted by atomic mass is 19.1. The van der Waals surface area contributed by atoms with Crippen LogP contribution in [0.3, 0.4) is 0 Å². The molecule has 0 aliphatic heterocycles. The summed E-state index contributed by atoms with van der Waals surface area (Å²) in [6, 6.07) is 12.8. The molecule has 0 aliphatic rings. The van der Waals surface area contributed by atoms with Crippen LogP contribution < -0.4 is 5.32 Å². The van der Waals surface area contributed by atoms with Crippen LogP contribution in [0.4, 0.5) is 10.1 Å². The molecule has 0 fully saturated rings. The topological polar surface area (TPSA) is 72.5 Å². The summed E-state index contributed by atoms with van der Waals surface area (Å²) >= 11 is 0. The minimum Gasteiger partial charge on any atom is -0.457 e. The Balaban J connectivity index is 2.01. The van der Waals surface area contributed by atoms with Gasteiger partial charge in [-0.3, -0.25) is 14.4 Å². The van der Waals surface area contributed by atoms with Crippen LogP contribution in [0, 0.1) is 5.82 Å². The normalized spacial score (nSPS) is 11.5. The third-order valence-electron chi connectivity index (χ3n) is 3.83. The Labute approximate surface area is 151 Å². The van der Waals surface area contributed by atoms with Gasteiger partial charge >= 0.3 is 5.97 Å². The van der Waals surface area contributed by atoms with Gasteiger partial charge in [0.1, 0.15) is 5.82 Å². The van der Waals surface area contributed by atoms with E-state index in [-0.39, 0.29) is 17.2 Å². The van der Waals surface area contributed by atoms with Crippen LogP contribution in [0.5, 0.6) is 0 Å². The van der Waals surface area contributed by atoms with E-state index in [1.807, 2.05) is 37.3 Å². The number of carbonyl (C=O) groups excluding carboxylic acids is 3. The first-order chi connectivity index (χ1) is 12.4. The zero-order chi connectivity index (χ0) is 19.1. The predicted molar refractivity (Wildman–Crippen MR) is 95.5 cm³/mol. The van der Waals surface area contributed by atoms with Gasteiger partial charge in [-0.2, -0.15) is 0 Å². The molecule has 6 heteroatoms. The quantitative estimate of drug-likeness (QED) is 0.606. The van der Waals surface area contributed by atoms with Crippen molar-refractivity contribution >= 4 is 23.3 Å². The molecule has 0 aromatic heterocycles. The van der Waals surface area contributed by atoms with Gasteiger partial charge in [0.15, 0.2) is 6.61 Å². The number of nitrogens with one attached hydrogen (secondary N) is 1. The zero-order valence-electron chi connectivity index (χ0n) is 14.6. The van der Waals surface area contributed by atoms with Crippen molar-refractivity contribution in [1.29, 1.82) is 0 Å². The number of anilines is 1. The number of amides is 1. The highest BCUT2D eigenvalue weighted by Gasteiger charge is 2.22. The molecule has 0 unspecified atom stereocenters. The van der Waals surface area contributed by atoms with Crippen molar-refractivity contribution in [1.82, 2.24) is 0 Å². The fourth-order valence-corrected chi connectivity index (χ4v) is 2.56. The van der Waals surface area contributed by atoms with E-state index < -0.39 is 30.1 Å². The number of ketones is 1. The molecule has 0 saturated carbocycles. The van der Waals surface area contributed by atoms with Crippen molar-refractivity contribution in [2.75, 3.05) is 11.9 Å². The van der Waals surface area contributed by atoms with E-state index in [2.05, 4.69) is 5.32 Å². The highest BCUT2D eigenvalue weighted by Crippen LogP contribution is 2.21. The highest BCUT2D eigenvalue weighted by molar-refractivity contribution is 5.99. The molecule has 0 radical (unpaired) electrons. The Morgan fingerprint density at radius 3 is 2.38 bits per heavy atom. The van der Waals surface area contributed by atoms with Gasteiger partial charge in [0, 0.05) is 12.6 Å². The number of hydrogen-bond donors (Lipinski definition) is 1. The van der Waals surface area contributed by atoms with Crippen LogP contribution in [-0.2, 0) is 14.3 Å². The number of esters is 1. The Morgan fingerprint density at radius 1 is 1.12 bits per heavy atom. The zero-order valence-corrected chi connectivity index (χ0v) is 14.6. The Morgan fingerprint density at radius 2 is 1.81 bits per heavy atom.